The minimum Gasteiger partial charge on any atom is -0.378 e. The standard InChI is InChI=1S/C15H28N4O2/c1-5-6-12(19-9-7-16-8-10-19)14-17-13(21-18-14)11-15(2,3)20-4/h12,16H,5-11H2,1-4H3. The van der Waals surface area contributed by atoms with E-state index in [1.807, 2.05) is 13.8 Å². The molecule has 0 bridgehead atoms. The molecule has 0 amide bonds. The summed E-state index contributed by atoms with van der Waals surface area (Å²) in [4.78, 5) is 7.07. The first-order valence-corrected chi connectivity index (χ1v) is 7.88. The van der Waals surface area contributed by atoms with Crippen molar-refractivity contribution in [2.45, 2.75) is 51.7 Å². The maximum absolute atomic E-state index is 5.44. The SMILES string of the molecule is CCCC(c1noc(CC(C)(C)OC)n1)N1CCNCC1. The third kappa shape index (κ3) is 4.49. The molecular weight excluding hydrogens is 268 g/mol. The summed E-state index contributed by atoms with van der Waals surface area (Å²) in [5.41, 5.74) is -0.279. The smallest absolute Gasteiger partial charge is 0.229 e. The fraction of sp³-hybridized carbons (Fsp3) is 0.867. The Hall–Kier alpha value is -0.980. The molecule has 0 aliphatic carbocycles. The van der Waals surface area contributed by atoms with Crippen molar-refractivity contribution in [2.75, 3.05) is 33.3 Å². The minimum absolute atomic E-state index is 0.264. The second kappa shape index (κ2) is 7.33. The van der Waals surface area contributed by atoms with Crippen LogP contribution in [-0.2, 0) is 11.2 Å². The molecule has 2 rings (SSSR count). The summed E-state index contributed by atoms with van der Waals surface area (Å²) < 4.78 is 10.9. The molecule has 1 aliphatic rings. The van der Waals surface area contributed by atoms with Gasteiger partial charge in [0.05, 0.1) is 18.1 Å². The van der Waals surface area contributed by atoms with Crippen LogP contribution in [0.15, 0.2) is 4.52 Å². The van der Waals surface area contributed by atoms with Crippen molar-refractivity contribution in [3.63, 3.8) is 0 Å². The monoisotopic (exact) mass is 296 g/mol. The number of hydrogen-bond donors (Lipinski definition) is 1. The first kappa shape index (κ1) is 16.4. The Morgan fingerprint density at radius 1 is 1.38 bits per heavy atom. The highest BCUT2D eigenvalue weighted by Gasteiger charge is 2.27. The normalized spacial score (nSPS) is 18.9. The van der Waals surface area contributed by atoms with Gasteiger partial charge >= 0.3 is 0 Å². The van der Waals surface area contributed by atoms with Gasteiger partial charge in [-0.3, -0.25) is 4.90 Å². The van der Waals surface area contributed by atoms with E-state index in [1.165, 1.54) is 0 Å². The molecule has 1 saturated heterocycles. The fourth-order valence-corrected chi connectivity index (χ4v) is 2.65. The summed E-state index contributed by atoms with van der Waals surface area (Å²) in [6.45, 7) is 10.4. The van der Waals surface area contributed by atoms with Crippen LogP contribution in [0.4, 0.5) is 0 Å². The summed E-state index contributed by atoms with van der Waals surface area (Å²) in [5.74, 6) is 1.48. The molecule has 1 atom stereocenters. The largest absolute Gasteiger partial charge is 0.378 e. The van der Waals surface area contributed by atoms with E-state index < -0.39 is 0 Å². The molecule has 0 saturated carbocycles. The molecule has 2 heterocycles. The zero-order valence-corrected chi connectivity index (χ0v) is 13.7. The van der Waals surface area contributed by atoms with Gasteiger partial charge in [0.1, 0.15) is 0 Å². The van der Waals surface area contributed by atoms with Crippen molar-refractivity contribution in [1.29, 1.82) is 0 Å². The number of ether oxygens (including phenoxy) is 1. The van der Waals surface area contributed by atoms with E-state index in [4.69, 9.17) is 9.26 Å². The number of nitrogens with zero attached hydrogens (tertiary/aromatic N) is 3. The van der Waals surface area contributed by atoms with Crippen LogP contribution in [0.2, 0.25) is 0 Å². The number of nitrogens with one attached hydrogen (secondary N) is 1. The number of piperazine rings is 1. The first-order valence-electron chi connectivity index (χ1n) is 7.88. The lowest BCUT2D eigenvalue weighted by Crippen LogP contribution is -2.45. The van der Waals surface area contributed by atoms with Gasteiger partial charge in [-0.15, -0.1) is 0 Å². The molecule has 120 valence electrons. The third-order valence-corrected chi connectivity index (χ3v) is 4.07. The van der Waals surface area contributed by atoms with Crippen molar-refractivity contribution in [3.8, 4) is 0 Å². The Balaban J connectivity index is 2.08. The molecular formula is C15H28N4O2. The van der Waals surface area contributed by atoms with Gasteiger partial charge in [-0.1, -0.05) is 18.5 Å². The highest BCUT2D eigenvalue weighted by atomic mass is 16.5. The van der Waals surface area contributed by atoms with E-state index >= 15 is 0 Å². The van der Waals surface area contributed by atoms with Gasteiger partial charge in [0.2, 0.25) is 5.89 Å². The molecule has 1 aromatic heterocycles. The van der Waals surface area contributed by atoms with Crippen molar-refractivity contribution in [3.05, 3.63) is 11.7 Å². The zero-order valence-electron chi connectivity index (χ0n) is 13.7. The lowest BCUT2D eigenvalue weighted by atomic mass is 10.1. The van der Waals surface area contributed by atoms with Crippen molar-refractivity contribution >= 4 is 0 Å². The van der Waals surface area contributed by atoms with E-state index in [1.54, 1.807) is 7.11 Å². The highest BCUT2D eigenvalue weighted by molar-refractivity contribution is 4.98. The van der Waals surface area contributed by atoms with Crippen molar-refractivity contribution in [1.82, 2.24) is 20.4 Å². The average molecular weight is 296 g/mol. The lowest BCUT2D eigenvalue weighted by molar-refractivity contribution is 0.0170. The van der Waals surface area contributed by atoms with Gasteiger partial charge < -0.3 is 14.6 Å². The quantitative estimate of drug-likeness (QED) is 0.827. The van der Waals surface area contributed by atoms with Gasteiger partial charge in [-0.25, -0.2) is 0 Å². The minimum atomic E-state index is -0.279. The number of hydrogen-bond acceptors (Lipinski definition) is 6. The Labute approximate surface area is 127 Å². The Bertz CT molecular complexity index is 427. The maximum Gasteiger partial charge on any atom is 0.229 e. The molecule has 6 heteroatoms. The first-order chi connectivity index (χ1) is 10.1. The molecule has 1 N–H and O–H groups in total. The van der Waals surface area contributed by atoms with E-state index in [0.29, 0.717) is 12.3 Å². The van der Waals surface area contributed by atoms with Crippen LogP contribution in [0, 0.1) is 0 Å². The van der Waals surface area contributed by atoms with E-state index in [0.717, 1.165) is 44.8 Å². The van der Waals surface area contributed by atoms with Gasteiger partial charge in [0, 0.05) is 33.3 Å². The van der Waals surface area contributed by atoms with Crippen LogP contribution in [0.25, 0.3) is 0 Å². The predicted octanol–water partition coefficient (Wildman–Crippen LogP) is 1.78. The second-order valence-corrected chi connectivity index (χ2v) is 6.28. The molecule has 1 aromatic rings. The molecule has 0 spiro atoms. The van der Waals surface area contributed by atoms with Crippen LogP contribution < -0.4 is 5.32 Å². The Morgan fingerprint density at radius 2 is 2.10 bits per heavy atom. The number of rotatable bonds is 7. The molecule has 0 radical (unpaired) electrons. The van der Waals surface area contributed by atoms with Gasteiger partial charge in [-0.2, -0.15) is 4.98 Å². The summed E-state index contributed by atoms with van der Waals surface area (Å²) in [6, 6.07) is 0.264. The van der Waals surface area contributed by atoms with Gasteiger partial charge in [0.25, 0.3) is 0 Å². The molecule has 1 aliphatic heterocycles. The summed E-state index contributed by atoms with van der Waals surface area (Å²) in [7, 11) is 1.71. The van der Waals surface area contributed by atoms with E-state index in [2.05, 4.69) is 27.3 Å². The van der Waals surface area contributed by atoms with Crippen LogP contribution in [0.1, 0.15) is 51.4 Å². The number of methoxy groups -OCH3 is 1. The van der Waals surface area contributed by atoms with Gasteiger partial charge in [-0.05, 0) is 20.3 Å². The summed E-state index contributed by atoms with van der Waals surface area (Å²) in [5, 5.41) is 7.61. The lowest BCUT2D eigenvalue weighted by Gasteiger charge is -2.33. The summed E-state index contributed by atoms with van der Waals surface area (Å²) >= 11 is 0. The van der Waals surface area contributed by atoms with E-state index in [-0.39, 0.29) is 11.6 Å². The third-order valence-electron chi connectivity index (χ3n) is 4.07. The second-order valence-electron chi connectivity index (χ2n) is 6.28. The average Bonchev–Trinajstić information content (AvgIpc) is 2.93. The summed E-state index contributed by atoms with van der Waals surface area (Å²) in [6.07, 6.45) is 2.81. The molecule has 21 heavy (non-hydrogen) atoms. The fourth-order valence-electron chi connectivity index (χ4n) is 2.65. The molecule has 0 aromatic carbocycles. The van der Waals surface area contributed by atoms with Crippen LogP contribution in [0.3, 0.4) is 0 Å². The Kier molecular flexibility index (Phi) is 5.72. The molecule has 6 nitrogen and oxygen atoms in total. The van der Waals surface area contributed by atoms with Gasteiger partial charge in [0.15, 0.2) is 5.82 Å². The van der Waals surface area contributed by atoms with Crippen LogP contribution in [0.5, 0.6) is 0 Å². The van der Waals surface area contributed by atoms with Crippen LogP contribution in [-0.4, -0.2) is 53.9 Å². The predicted molar refractivity (Wildman–Crippen MR) is 81.2 cm³/mol. The molecule has 1 unspecified atom stereocenters. The van der Waals surface area contributed by atoms with Crippen LogP contribution >= 0.6 is 0 Å². The zero-order chi connectivity index (χ0) is 15.3. The topological polar surface area (TPSA) is 63.4 Å². The molecule has 1 fully saturated rings. The maximum atomic E-state index is 5.44. The number of aromatic nitrogens is 2. The van der Waals surface area contributed by atoms with Crippen molar-refractivity contribution < 1.29 is 9.26 Å². The Morgan fingerprint density at radius 3 is 2.71 bits per heavy atom. The van der Waals surface area contributed by atoms with Crippen molar-refractivity contribution in [2.24, 2.45) is 0 Å². The highest BCUT2D eigenvalue weighted by Crippen LogP contribution is 2.25. The van der Waals surface area contributed by atoms with E-state index in [9.17, 15) is 0 Å².